The Bertz CT molecular complexity index is 419. The minimum Gasteiger partial charge on any atom is -0.492 e. The molecule has 19 heavy (non-hydrogen) atoms. The molecular formula is C15H24N2O2. The fraction of sp³-hybridized carbons (Fsp3) is 0.533. The fourth-order valence-corrected chi connectivity index (χ4v) is 1.75. The zero-order chi connectivity index (χ0) is 14.3. The smallest absolute Gasteiger partial charge is 0.220 e. The second-order valence-electron chi connectivity index (χ2n) is 4.68. The van der Waals surface area contributed by atoms with E-state index < -0.39 is 0 Å². The quantitative estimate of drug-likeness (QED) is 0.744. The van der Waals surface area contributed by atoms with Gasteiger partial charge in [-0.2, -0.15) is 0 Å². The highest BCUT2D eigenvalue weighted by atomic mass is 16.5. The Balaban J connectivity index is 2.49. The second kappa shape index (κ2) is 7.67. The molecule has 1 atom stereocenters. The molecule has 0 radical (unpaired) electrons. The normalized spacial score (nSPS) is 11.9. The molecule has 0 aliphatic heterocycles. The van der Waals surface area contributed by atoms with Crippen molar-refractivity contribution >= 4 is 11.6 Å². The minimum absolute atomic E-state index is 0.0850. The molecule has 0 aromatic heterocycles. The molecule has 1 aromatic carbocycles. The van der Waals surface area contributed by atoms with Crippen LogP contribution in [0.1, 0.15) is 39.2 Å². The maximum absolute atomic E-state index is 11.7. The minimum atomic E-state index is 0.0850. The Hall–Kier alpha value is -1.71. The third kappa shape index (κ3) is 5.20. The van der Waals surface area contributed by atoms with Gasteiger partial charge in [0.05, 0.1) is 12.3 Å². The average Bonchev–Trinajstić information content (AvgIpc) is 2.39. The zero-order valence-electron chi connectivity index (χ0n) is 12.0. The number of hydrogen-bond donors (Lipinski definition) is 2. The van der Waals surface area contributed by atoms with Gasteiger partial charge in [0.1, 0.15) is 5.75 Å². The van der Waals surface area contributed by atoms with Crippen LogP contribution in [-0.4, -0.2) is 18.6 Å². The van der Waals surface area contributed by atoms with Crippen molar-refractivity contribution in [3.8, 4) is 5.75 Å². The number of anilines is 1. The molecule has 0 saturated carbocycles. The number of rotatable bonds is 7. The van der Waals surface area contributed by atoms with E-state index in [1.807, 2.05) is 32.0 Å². The number of hydrogen-bond acceptors (Lipinski definition) is 3. The first kappa shape index (κ1) is 15.3. The molecule has 4 heteroatoms. The maximum atomic E-state index is 11.7. The summed E-state index contributed by atoms with van der Waals surface area (Å²) in [4.78, 5) is 11.7. The number of benzene rings is 1. The van der Waals surface area contributed by atoms with E-state index in [1.165, 1.54) is 0 Å². The van der Waals surface area contributed by atoms with Crippen molar-refractivity contribution in [3.63, 3.8) is 0 Å². The molecule has 0 aliphatic rings. The lowest BCUT2D eigenvalue weighted by molar-refractivity contribution is -0.121. The molecule has 0 saturated heterocycles. The predicted molar refractivity (Wildman–Crippen MR) is 78.2 cm³/mol. The molecule has 0 aliphatic carbocycles. The molecule has 4 nitrogen and oxygen atoms in total. The lowest BCUT2D eigenvalue weighted by atomic mass is 10.1. The van der Waals surface area contributed by atoms with Gasteiger partial charge in [0, 0.05) is 12.5 Å². The third-order valence-corrected chi connectivity index (χ3v) is 3.03. The van der Waals surface area contributed by atoms with Gasteiger partial charge in [-0.3, -0.25) is 4.79 Å². The van der Waals surface area contributed by atoms with Crippen LogP contribution in [0.5, 0.6) is 5.75 Å². The van der Waals surface area contributed by atoms with Gasteiger partial charge in [-0.25, -0.2) is 0 Å². The highest BCUT2D eigenvalue weighted by Gasteiger charge is 2.07. The Labute approximate surface area is 115 Å². The molecule has 106 valence electrons. The summed E-state index contributed by atoms with van der Waals surface area (Å²) in [7, 11) is 0. The molecule has 0 fully saturated rings. The number of carbonyl (C=O) groups excluding carboxylic acids is 1. The van der Waals surface area contributed by atoms with E-state index in [1.54, 1.807) is 0 Å². The van der Waals surface area contributed by atoms with E-state index in [0.717, 1.165) is 12.0 Å². The summed E-state index contributed by atoms with van der Waals surface area (Å²) in [6, 6.07) is 5.93. The van der Waals surface area contributed by atoms with Gasteiger partial charge in [-0.05, 0) is 44.4 Å². The van der Waals surface area contributed by atoms with E-state index >= 15 is 0 Å². The first-order valence-corrected chi connectivity index (χ1v) is 6.87. The highest BCUT2D eigenvalue weighted by molar-refractivity contribution is 5.76. The topological polar surface area (TPSA) is 64.3 Å². The summed E-state index contributed by atoms with van der Waals surface area (Å²) >= 11 is 0. The van der Waals surface area contributed by atoms with Crippen molar-refractivity contribution in [2.45, 2.75) is 46.1 Å². The number of nitrogens with one attached hydrogen (secondary N) is 1. The number of amides is 1. The molecule has 1 rings (SSSR count). The predicted octanol–water partition coefficient (Wildman–Crippen LogP) is 2.51. The third-order valence-electron chi connectivity index (χ3n) is 3.03. The van der Waals surface area contributed by atoms with Crippen molar-refractivity contribution in [3.05, 3.63) is 23.8 Å². The molecule has 1 aromatic rings. The fourth-order valence-electron chi connectivity index (χ4n) is 1.75. The molecule has 0 spiro atoms. The lowest BCUT2D eigenvalue weighted by Gasteiger charge is -2.12. The van der Waals surface area contributed by atoms with Crippen LogP contribution >= 0.6 is 0 Å². The van der Waals surface area contributed by atoms with Crippen molar-refractivity contribution < 1.29 is 9.53 Å². The van der Waals surface area contributed by atoms with Gasteiger partial charge in [-0.1, -0.05) is 13.0 Å². The average molecular weight is 264 g/mol. The molecule has 0 heterocycles. The second-order valence-corrected chi connectivity index (χ2v) is 4.68. The first-order valence-electron chi connectivity index (χ1n) is 6.87. The number of nitrogen functional groups attached to an aromatic ring is 1. The zero-order valence-corrected chi connectivity index (χ0v) is 12.0. The molecule has 0 bridgehead atoms. The van der Waals surface area contributed by atoms with Gasteiger partial charge < -0.3 is 15.8 Å². The lowest BCUT2D eigenvalue weighted by Crippen LogP contribution is -2.32. The highest BCUT2D eigenvalue weighted by Crippen LogP contribution is 2.23. The van der Waals surface area contributed by atoms with Crippen molar-refractivity contribution in [2.75, 3.05) is 12.3 Å². The van der Waals surface area contributed by atoms with Gasteiger partial charge >= 0.3 is 0 Å². The summed E-state index contributed by atoms with van der Waals surface area (Å²) in [6.07, 6.45) is 2.12. The summed E-state index contributed by atoms with van der Waals surface area (Å²) in [5, 5.41) is 2.95. The van der Waals surface area contributed by atoms with Crippen LogP contribution in [0.3, 0.4) is 0 Å². The van der Waals surface area contributed by atoms with Gasteiger partial charge in [-0.15, -0.1) is 0 Å². The van der Waals surface area contributed by atoms with Crippen LogP contribution in [0.4, 0.5) is 5.69 Å². The monoisotopic (exact) mass is 264 g/mol. The largest absolute Gasteiger partial charge is 0.492 e. The maximum Gasteiger partial charge on any atom is 0.220 e. The van der Waals surface area contributed by atoms with Crippen LogP contribution in [0.15, 0.2) is 18.2 Å². The Morgan fingerprint density at radius 3 is 2.74 bits per heavy atom. The number of ether oxygens (including phenoxy) is 1. The van der Waals surface area contributed by atoms with E-state index in [-0.39, 0.29) is 11.9 Å². The van der Waals surface area contributed by atoms with Gasteiger partial charge in [0.25, 0.3) is 0 Å². The van der Waals surface area contributed by atoms with Crippen LogP contribution in [0.25, 0.3) is 0 Å². The van der Waals surface area contributed by atoms with E-state index in [2.05, 4.69) is 12.2 Å². The molecule has 1 unspecified atom stereocenters. The van der Waals surface area contributed by atoms with Gasteiger partial charge in [0.15, 0.2) is 0 Å². The Morgan fingerprint density at radius 1 is 1.42 bits per heavy atom. The van der Waals surface area contributed by atoms with E-state index in [4.69, 9.17) is 10.5 Å². The summed E-state index contributed by atoms with van der Waals surface area (Å²) in [6.45, 7) is 6.58. The SMILES string of the molecule is CCOc1ccc(CCC(=O)NC(C)CC)cc1N. The standard InChI is InChI=1S/C15H24N2O2/c1-4-11(3)17-15(18)9-7-12-6-8-14(19-5-2)13(16)10-12/h6,8,10-11H,4-5,7,9,16H2,1-3H3,(H,17,18). The summed E-state index contributed by atoms with van der Waals surface area (Å²) in [5.74, 6) is 0.789. The van der Waals surface area contributed by atoms with Crippen molar-refractivity contribution in [2.24, 2.45) is 0 Å². The van der Waals surface area contributed by atoms with E-state index in [9.17, 15) is 4.79 Å². The molecular weight excluding hydrogens is 240 g/mol. The van der Waals surface area contributed by atoms with Crippen molar-refractivity contribution in [1.82, 2.24) is 5.32 Å². The Morgan fingerprint density at radius 2 is 2.16 bits per heavy atom. The van der Waals surface area contributed by atoms with Crippen molar-refractivity contribution in [1.29, 1.82) is 0 Å². The molecule has 1 amide bonds. The van der Waals surface area contributed by atoms with Crippen LogP contribution < -0.4 is 15.8 Å². The molecule has 3 N–H and O–H groups in total. The van der Waals surface area contributed by atoms with E-state index in [0.29, 0.717) is 30.9 Å². The summed E-state index contributed by atoms with van der Waals surface area (Å²) in [5.41, 5.74) is 7.57. The van der Waals surface area contributed by atoms with Gasteiger partial charge in [0.2, 0.25) is 5.91 Å². The van der Waals surface area contributed by atoms with Crippen LogP contribution in [-0.2, 0) is 11.2 Å². The van der Waals surface area contributed by atoms with Crippen LogP contribution in [0.2, 0.25) is 0 Å². The number of nitrogens with two attached hydrogens (primary N) is 1. The Kier molecular flexibility index (Phi) is 6.19. The number of carbonyl (C=O) groups is 1. The summed E-state index contributed by atoms with van der Waals surface area (Å²) < 4.78 is 5.38. The number of aryl methyl sites for hydroxylation is 1. The first-order chi connectivity index (χ1) is 9.06. The van der Waals surface area contributed by atoms with Crippen LogP contribution in [0, 0.1) is 0 Å².